The molecule has 2 saturated heterocycles. The first-order chi connectivity index (χ1) is 22.7. The number of likely N-dealkylation sites (N-methyl/N-ethyl adjacent to an activating group) is 1. The van der Waals surface area contributed by atoms with Gasteiger partial charge in [0.1, 0.15) is 5.75 Å². The van der Waals surface area contributed by atoms with Crippen LogP contribution in [-0.2, 0) is 23.9 Å². The summed E-state index contributed by atoms with van der Waals surface area (Å²) in [4.78, 5) is 49.6. The maximum atomic E-state index is 12.5. The first kappa shape index (κ1) is 29.6. The van der Waals surface area contributed by atoms with Crippen molar-refractivity contribution in [3.63, 3.8) is 0 Å². The van der Waals surface area contributed by atoms with Gasteiger partial charge >= 0.3 is 6.03 Å². The molecule has 6 N–H and O–H groups in total. The Bertz CT molecular complexity index is 1220. The van der Waals surface area contributed by atoms with Gasteiger partial charge in [-0.3, -0.25) is 14.4 Å². The first-order valence-corrected chi connectivity index (χ1v) is 16.0. The molecule has 0 spiro atoms. The fourth-order valence-corrected chi connectivity index (χ4v) is 6.22. The molecule has 5 amide bonds. The second-order valence-electron chi connectivity index (χ2n) is 10.5. The number of hydrogen-bond acceptors (Lipinski definition) is 9. The summed E-state index contributed by atoms with van der Waals surface area (Å²) in [6.07, 6.45) is 2.77. The van der Waals surface area contributed by atoms with Gasteiger partial charge in [-0.15, -0.1) is 0 Å². The zero-order valence-corrected chi connectivity index (χ0v) is 26.0. The van der Waals surface area contributed by atoms with E-state index in [1.165, 1.54) is 17.0 Å². The van der Waals surface area contributed by atoms with Crippen LogP contribution in [0.25, 0.3) is 0 Å². The van der Waals surface area contributed by atoms with Crippen LogP contribution in [0.2, 0.25) is 0 Å². The molecule has 0 saturated carbocycles. The number of nitrogens with zero attached hydrogens (tertiary/aromatic N) is 1. The number of benzene rings is 1. The topological polar surface area (TPSA) is 170 Å². The standard InChI is InChI=1S/C30H48N6O7S/c1-36(28(40)7-3-2-6-25-29-24(21-44-25)34-30(41)35-29)20-27(39)32-14-5-17-43-19-18-42-16-4-13-31-15-12-26(38)33-22-8-10-23(37)11-9-22/h8-11,24-25,29,31,37H,2-7,12-21H2,1H3,(H,32,39)(H,33,38)(H2,34,35,41)/t24-,25-,29-/m0/s1/i16D2,17D2. The molecule has 44 heavy (non-hydrogen) atoms. The van der Waals surface area contributed by atoms with Crippen LogP contribution in [0.15, 0.2) is 24.3 Å². The van der Waals surface area contributed by atoms with Crippen molar-refractivity contribution in [1.82, 2.24) is 26.2 Å². The van der Waals surface area contributed by atoms with E-state index in [2.05, 4.69) is 26.6 Å². The summed E-state index contributed by atoms with van der Waals surface area (Å²) in [6, 6.07) is 6.29. The average Bonchev–Trinajstić information content (AvgIpc) is 3.57. The molecule has 3 rings (SSSR count). The zero-order valence-electron chi connectivity index (χ0n) is 29.2. The van der Waals surface area contributed by atoms with E-state index in [1.807, 2.05) is 11.8 Å². The van der Waals surface area contributed by atoms with E-state index in [4.69, 9.17) is 15.0 Å². The molecule has 0 aliphatic carbocycles. The molecular weight excluding hydrogens is 588 g/mol. The highest BCUT2D eigenvalue weighted by Gasteiger charge is 2.42. The van der Waals surface area contributed by atoms with E-state index < -0.39 is 19.0 Å². The molecule has 14 heteroatoms. The summed E-state index contributed by atoms with van der Waals surface area (Å²) < 4.78 is 42.3. The number of phenols is 1. The molecular formula is C30H48N6O7S. The number of rotatable bonds is 22. The van der Waals surface area contributed by atoms with Gasteiger partial charge < -0.3 is 46.1 Å². The van der Waals surface area contributed by atoms with Crippen LogP contribution in [0, 0.1) is 0 Å². The maximum absolute atomic E-state index is 12.5. The number of ether oxygens (including phenoxy) is 2. The SMILES string of the molecule is [2H]C([2H])(CCNCCC(=O)Nc1ccc(O)cc1)OCCOC([2H])([2H])CCNC(=O)CN(C)C(=O)CCCC[C@@H]1SC[C@@H]2NC(=O)N[C@@H]21. The Hall–Kier alpha value is -3.07. The van der Waals surface area contributed by atoms with Gasteiger partial charge in [-0.05, 0) is 56.5 Å². The van der Waals surface area contributed by atoms with E-state index >= 15 is 0 Å². The number of urea groups is 1. The summed E-state index contributed by atoms with van der Waals surface area (Å²) >= 11 is 1.83. The van der Waals surface area contributed by atoms with E-state index in [1.54, 1.807) is 19.2 Å². The molecule has 2 heterocycles. The Kier molecular flexibility index (Phi) is 13.5. The number of carbonyl (C=O) groups excluding carboxylic acids is 4. The predicted octanol–water partition coefficient (Wildman–Crippen LogP) is 1.42. The molecule has 2 fully saturated rings. The van der Waals surface area contributed by atoms with Crippen molar-refractivity contribution in [1.29, 1.82) is 0 Å². The van der Waals surface area contributed by atoms with Crippen LogP contribution in [0.3, 0.4) is 0 Å². The van der Waals surface area contributed by atoms with Crippen LogP contribution in [-0.4, -0.2) is 116 Å². The van der Waals surface area contributed by atoms with Crippen LogP contribution in [0.1, 0.15) is 50.4 Å². The quantitative estimate of drug-likeness (QED) is 0.0624. The van der Waals surface area contributed by atoms with Crippen LogP contribution < -0.4 is 26.6 Å². The van der Waals surface area contributed by atoms with Gasteiger partial charge in [-0.1, -0.05) is 6.42 Å². The lowest BCUT2D eigenvalue weighted by molar-refractivity contribution is -0.134. The van der Waals surface area contributed by atoms with Crippen molar-refractivity contribution in [2.75, 3.05) is 70.6 Å². The highest BCUT2D eigenvalue weighted by Crippen LogP contribution is 2.33. The second-order valence-corrected chi connectivity index (χ2v) is 11.8. The molecule has 0 unspecified atom stereocenters. The number of thioether (sulfide) groups is 1. The first-order valence-electron chi connectivity index (χ1n) is 17.0. The van der Waals surface area contributed by atoms with Crippen molar-refractivity contribution < 1.29 is 39.2 Å². The smallest absolute Gasteiger partial charge is 0.315 e. The summed E-state index contributed by atoms with van der Waals surface area (Å²) in [6.45, 7) is -4.03. The average molecular weight is 641 g/mol. The molecule has 3 atom stereocenters. The molecule has 2 aliphatic rings. The number of unbranched alkanes of at least 4 members (excludes halogenated alkanes) is 1. The third-order valence-corrected chi connectivity index (χ3v) is 8.51. The van der Waals surface area contributed by atoms with Crippen LogP contribution in [0.4, 0.5) is 10.5 Å². The minimum atomic E-state index is -2.08. The number of anilines is 1. The number of phenolic OH excluding ortho intramolecular Hbond substituents is 1. The number of carbonyl (C=O) groups is 4. The third kappa shape index (κ3) is 13.7. The highest BCUT2D eigenvalue weighted by molar-refractivity contribution is 8.00. The van der Waals surface area contributed by atoms with Gasteiger partial charge in [0.2, 0.25) is 17.7 Å². The fraction of sp³-hybridized carbons (Fsp3) is 0.667. The molecule has 0 aromatic heterocycles. The lowest BCUT2D eigenvalue weighted by Gasteiger charge is -2.18. The minimum Gasteiger partial charge on any atom is -0.508 e. The summed E-state index contributed by atoms with van der Waals surface area (Å²) in [5, 5.41) is 23.8. The second kappa shape index (κ2) is 20.1. The van der Waals surface area contributed by atoms with Crippen LogP contribution in [0.5, 0.6) is 5.75 Å². The highest BCUT2D eigenvalue weighted by atomic mass is 32.2. The van der Waals surface area contributed by atoms with E-state index in [0.29, 0.717) is 30.3 Å². The summed E-state index contributed by atoms with van der Waals surface area (Å²) in [5.41, 5.74) is 0.561. The Balaban J connectivity index is 1.17. The molecule has 1 aromatic rings. The van der Waals surface area contributed by atoms with Gasteiger partial charge in [0.05, 0.1) is 37.3 Å². The summed E-state index contributed by atoms with van der Waals surface area (Å²) in [5.74, 6) is 0.200. The predicted molar refractivity (Wildman–Crippen MR) is 170 cm³/mol. The molecule has 0 bridgehead atoms. The lowest BCUT2D eigenvalue weighted by Crippen LogP contribution is -2.38. The number of nitrogens with one attached hydrogen (secondary N) is 5. The van der Waals surface area contributed by atoms with Gasteiger partial charge in [-0.25, -0.2) is 4.79 Å². The van der Waals surface area contributed by atoms with Gasteiger partial charge in [-0.2, -0.15) is 11.8 Å². The number of aromatic hydroxyl groups is 1. The monoisotopic (exact) mass is 640 g/mol. The number of fused-ring (bicyclic) bond motifs is 1. The van der Waals surface area contributed by atoms with Gasteiger partial charge in [0.25, 0.3) is 0 Å². The Morgan fingerprint density at radius 1 is 1.00 bits per heavy atom. The van der Waals surface area contributed by atoms with Crippen molar-refractivity contribution in [3.8, 4) is 5.75 Å². The van der Waals surface area contributed by atoms with Gasteiger partial charge in [0, 0.05) is 62.8 Å². The molecule has 2 aliphatic heterocycles. The van der Waals surface area contributed by atoms with Crippen molar-refractivity contribution >= 4 is 41.2 Å². The number of amides is 5. The Labute approximate surface area is 269 Å². The van der Waals surface area contributed by atoms with Crippen LogP contribution >= 0.6 is 11.8 Å². The lowest BCUT2D eigenvalue weighted by atomic mass is 10.0. The Morgan fingerprint density at radius 3 is 2.48 bits per heavy atom. The normalized spacial score (nSPS) is 20.8. The number of hydrogen-bond donors (Lipinski definition) is 6. The van der Waals surface area contributed by atoms with E-state index in [-0.39, 0.29) is 87.8 Å². The van der Waals surface area contributed by atoms with Crippen molar-refractivity contribution in [3.05, 3.63) is 24.3 Å². The third-order valence-electron chi connectivity index (χ3n) is 7.00. The van der Waals surface area contributed by atoms with Gasteiger partial charge in [0.15, 0.2) is 0 Å². The van der Waals surface area contributed by atoms with E-state index in [0.717, 1.165) is 18.6 Å². The van der Waals surface area contributed by atoms with E-state index in [9.17, 15) is 24.3 Å². The minimum absolute atomic E-state index is 0.00167. The summed E-state index contributed by atoms with van der Waals surface area (Å²) in [7, 11) is 1.55. The molecule has 1 aromatic carbocycles. The molecule has 13 nitrogen and oxygen atoms in total. The maximum Gasteiger partial charge on any atom is 0.315 e. The molecule has 0 radical (unpaired) electrons. The zero-order chi connectivity index (χ0) is 35.2. The fourth-order valence-electron chi connectivity index (χ4n) is 4.67. The Morgan fingerprint density at radius 2 is 1.73 bits per heavy atom. The molecule has 246 valence electrons. The largest absolute Gasteiger partial charge is 0.508 e. The van der Waals surface area contributed by atoms with Crippen molar-refractivity contribution in [2.24, 2.45) is 0 Å². The van der Waals surface area contributed by atoms with Crippen molar-refractivity contribution in [2.45, 2.75) is 62.3 Å².